The van der Waals surface area contributed by atoms with Gasteiger partial charge in [-0.25, -0.2) is 8.42 Å². The number of nitrogens with zero attached hydrogens (tertiary/aromatic N) is 1. The average Bonchev–Trinajstić information content (AvgIpc) is 2.58. The summed E-state index contributed by atoms with van der Waals surface area (Å²) in [5.41, 5.74) is 1.11. The number of hydrogen-bond donors (Lipinski definition) is 1. The molecule has 0 spiro atoms. The van der Waals surface area contributed by atoms with Crippen LogP contribution < -0.4 is 5.32 Å². The number of nitrogens with one attached hydrogen (secondary N) is 1. The van der Waals surface area contributed by atoms with Gasteiger partial charge in [-0.1, -0.05) is 44.2 Å². The van der Waals surface area contributed by atoms with Gasteiger partial charge >= 0.3 is 0 Å². The minimum absolute atomic E-state index is 0.0269. The molecule has 0 aliphatic rings. The summed E-state index contributed by atoms with van der Waals surface area (Å²) in [5, 5.41) is 1.23. The van der Waals surface area contributed by atoms with Crippen molar-refractivity contribution in [3.05, 3.63) is 35.9 Å². The van der Waals surface area contributed by atoms with E-state index in [0.29, 0.717) is 6.54 Å². The maximum atomic E-state index is 12.3. The highest BCUT2D eigenvalue weighted by Crippen LogP contribution is 2.19. The molecule has 1 rings (SSSR count). The van der Waals surface area contributed by atoms with Gasteiger partial charge in [-0.2, -0.15) is 0 Å². The van der Waals surface area contributed by atoms with Gasteiger partial charge in [0.15, 0.2) is 9.84 Å². The van der Waals surface area contributed by atoms with Crippen molar-refractivity contribution < 1.29 is 13.2 Å². The zero-order chi connectivity index (χ0) is 18.3. The van der Waals surface area contributed by atoms with Gasteiger partial charge < -0.3 is 5.32 Å². The fourth-order valence-electron chi connectivity index (χ4n) is 2.70. The number of sulfone groups is 1. The number of benzene rings is 1. The molecule has 5 nitrogen and oxygen atoms in total. The number of likely N-dealkylation sites (N-methyl/N-ethyl adjacent to an activating group) is 1. The zero-order valence-corrected chi connectivity index (χ0v) is 16.1. The SMILES string of the molecule is CCN(CC)C(CNC(=O)C(C)S(=O)(=O)C(C)C)c1ccccc1. The van der Waals surface area contributed by atoms with Crippen molar-refractivity contribution in [3.8, 4) is 0 Å². The van der Waals surface area contributed by atoms with E-state index >= 15 is 0 Å². The monoisotopic (exact) mass is 354 g/mol. The Kier molecular flexibility index (Phi) is 7.90. The molecule has 1 aromatic rings. The Morgan fingerprint density at radius 1 is 1.08 bits per heavy atom. The van der Waals surface area contributed by atoms with Crippen molar-refractivity contribution >= 4 is 15.7 Å². The molecule has 0 bridgehead atoms. The van der Waals surface area contributed by atoms with E-state index in [1.165, 1.54) is 6.92 Å². The van der Waals surface area contributed by atoms with Crippen LogP contribution in [-0.2, 0) is 14.6 Å². The molecule has 6 heteroatoms. The lowest BCUT2D eigenvalue weighted by molar-refractivity contribution is -0.120. The van der Waals surface area contributed by atoms with Crippen LogP contribution in [0.15, 0.2) is 30.3 Å². The molecule has 0 saturated heterocycles. The quantitative estimate of drug-likeness (QED) is 0.739. The van der Waals surface area contributed by atoms with Crippen LogP contribution in [-0.4, -0.2) is 49.4 Å². The van der Waals surface area contributed by atoms with Crippen LogP contribution in [0.3, 0.4) is 0 Å². The molecule has 1 aromatic carbocycles. The molecule has 1 amide bonds. The molecule has 0 saturated carbocycles. The van der Waals surface area contributed by atoms with Gasteiger partial charge in [0, 0.05) is 6.54 Å². The topological polar surface area (TPSA) is 66.5 Å². The summed E-state index contributed by atoms with van der Waals surface area (Å²) in [7, 11) is -3.45. The first-order valence-corrected chi connectivity index (χ1v) is 10.2. The molecule has 136 valence electrons. The van der Waals surface area contributed by atoms with E-state index < -0.39 is 26.2 Å². The van der Waals surface area contributed by atoms with Gasteiger partial charge in [0.25, 0.3) is 0 Å². The highest BCUT2D eigenvalue weighted by atomic mass is 32.2. The second-order valence-corrected chi connectivity index (χ2v) is 9.00. The van der Waals surface area contributed by atoms with Gasteiger partial charge in [0.05, 0.1) is 11.3 Å². The van der Waals surface area contributed by atoms with Crippen molar-refractivity contribution in [2.75, 3.05) is 19.6 Å². The highest BCUT2D eigenvalue weighted by molar-refractivity contribution is 7.93. The lowest BCUT2D eigenvalue weighted by Crippen LogP contribution is -2.44. The van der Waals surface area contributed by atoms with Crippen LogP contribution in [0.5, 0.6) is 0 Å². The van der Waals surface area contributed by atoms with Crippen molar-refractivity contribution in [1.82, 2.24) is 10.2 Å². The third-order valence-electron chi connectivity index (χ3n) is 4.43. The average molecular weight is 355 g/mol. The van der Waals surface area contributed by atoms with Crippen LogP contribution in [0.25, 0.3) is 0 Å². The van der Waals surface area contributed by atoms with E-state index in [2.05, 4.69) is 24.1 Å². The summed E-state index contributed by atoms with van der Waals surface area (Å²) in [6.07, 6.45) is 0. The Morgan fingerprint density at radius 2 is 1.62 bits per heavy atom. The maximum absolute atomic E-state index is 12.3. The predicted molar refractivity (Wildman–Crippen MR) is 98.6 cm³/mol. The number of amides is 1. The van der Waals surface area contributed by atoms with E-state index in [0.717, 1.165) is 18.7 Å². The fraction of sp³-hybridized carbons (Fsp3) is 0.611. The van der Waals surface area contributed by atoms with Gasteiger partial charge in [-0.3, -0.25) is 9.69 Å². The highest BCUT2D eigenvalue weighted by Gasteiger charge is 2.31. The second kappa shape index (κ2) is 9.18. The Hall–Kier alpha value is -1.40. The van der Waals surface area contributed by atoms with E-state index in [1.54, 1.807) is 13.8 Å². The van der Waals surface area contributed by atoms with Crippen LogP contribution in [0.1, 0.15) is 46.2 Å². The molecule has 0 aliphatic heterocycles. The van der Waals surface area contributed by atoms with Crippen LogP contribution >= 0.6 is 0 Å². The molecular weight excluding hydrogens is 324 g/mol. The van der Waals surface area contributed by atoms with E-state index in [9.17, 15) is 13.2 Å². The molecule has 24 heavy (non-hydrogen) atoms. The van der Waals surface area contributed by atoms with E-state index in [4.69, 9.17) is 0 Å². The number of rotatable bonds is 9. The largest absolute Gasteiger partial charge is 0.353 e. The van der Waals surface area contributed by atoms with Gasteiger partial charge in [-0.15, -0.1) is 0 Å². The lowest BCUT2D eigenvalue weighted by Gasteiger charge is -2.30. The Morgan fingerprint density at radius 3 is 2.08 bits per heavy atom. The Bertz CT molecular complexity index is 610. The van der Waals surface area contributed by atoms with Crippen molar-refractivity contribution in [3.63, 3.8) is 0 Å². The standard InChI is InChI=1S/C18H30N2O3S/c1-6-20(7-2)17(16-11-9-8-10-12-16)13-19-18(21)15(5)24(22,23)14(3)4/h8-12,14-15,17H,6-7,13H2,1-5H3,(H,19,21). The summed E-state index contributed by atoms with van der Waals surface area (Å²) in [6.45, 7) is 10.9. The van der Waals surface area contributed by atoms with Gasteiger partial charge in [0.2, 0.25) is 5.91 Å². The molecule has 0 fully saturated rings. The minimum atomic E-state index is -3.45. The summed E-state index contributed by atoms with van der Waals surface area (Å²) < 4.78 is 24.3. The minimum Gasteiger partial charge on any atom is -0.353 e. The van der Waals surface area contributed by atoms with E-state index in [1.807, 2.05) is 30.3 Å². The Balaban J connectivity index is 2.88. The molecule has 0 aliphatic carbocycles. The fourth-order valence-corrected chi connectivity index (χ4v) is 3.89. The molecular formula is C18H30N2O3S. The number of hydrogen-bond acceptors (Lipinski definition) is 4. The van der Waals surface area contributed by atoms with E-state index in [-0.39, 0.29) is 6.04 Å². The molecule has 0 heterocycles. The molecule has 2 unspecified atom stereocenters. The normalized spacial score (nSPS) is 14.6. The van der Waals surface area contributed by atoms with Crippen LogP contribution in [0.4, 0.5) is 0 Å². The summed E-state index contributed by atoms with van der Waals surface area (Å²) in [6, 6.07) is 9.99. The summed E-state index contributed by atoms with van der Waals surface area (Å²) in [5.74, 6) is -0.434. The smallest absolute Gasteiger partial charge is 0.238 e. The van der Waals surface area contributed by atoms with Crippen LogP contribution in [0.2, 0.25) is 0 Å². The number of carbonyl (C=O) groups excluding carboxylic acids is 1. The van der Waals surface area contributed by atoms with Crippen LogP contribution in [0, 0.1) is 0 Å². The Labute approximate surface area is 146 Å². The first-order chi connectivity index (χ1) is 11.3. The third-order valence-corrected chi connectivity index (χ3v) is 6.94. The first-order valence-electron chi connectivity index (χ1n) is 8.55. The zero-order valence-electron chi connectivity index (χ0n) is 15.3. The second-order valence-electron chi connectivity index (χ2n) is 6.17. The molecule has 2 atom stereocenters. The molecule has 1 N–H and O–H groups in total. The van der Waals surface area contributed by atoms with Crippen molar-refractivity contribution in [2.24, 2.45) is 0 Å². The maximum Gasteiger partial charge on any atom is 0.238 e. The summed E-state index contributed by atoms with van der Waals surface area (Å²) in [4.78, 5) is 14.6. The predicted octanol–water partition coefficient (Wildman–Crippen LogP) is 2.40. The summed E-state index contributed by atoms with van der Waals surface area (Å²) >= 11 is 0. The first kappa shape index (κ1) is 20.6. The molecule has 0 radical (unpaired) electrons. The third kappa shape index (κ3) is 5.05. The lowest BCUT2D eigenvalue weighted by atomic mass is 10.1. The van der Waals surface area contributed by atoms with Crippen molar-refractivity contribution in [2.45, 2.75) is 51.2 Å². The van der Waals surface area contributed by atoms with Crippen molar-refractivity contribution in [1.29, 1.82) is 0 Å². The van der Waals surface area contributed by atoms with Gasteiger partial charge in [-0.05, 0) is 39.4 Å². The number of carbonyl (C=O) groups is 1. The molecule has 0 aromatic heterocycles. The van der Waals surface area contributed by atoms with Gasteiger partial charge in [0.1, 0.15) is 5.25 Å².